The summed E-state index contributed by atoms with van der Waals surface area (Å²) in [6.07, 6.45) is 0. The molecule has 0 aliphatic heterocycles. The molecule has 0 saturated carbocycles. The lowest BCUT2D eigenvalue weighted by atomic mass is 10.0. The molecule has 1 aromatic heterocycles. The van der Waals surface area contributed by atoms with Gasteiger partial charge in [0.1, 0.15) is 12.5 Å². The van der Waals surface area contributed by atoms with Crippen molar-refractivity contribution in [2.75, 3.05) is 19.0 Å². The van der Waals surface area contributed by atoms with Gasteiger partial charge < -0.3 is 10.1 Å². The van der Waals surface area contributed by atoms with Crippen molar-refractivity contribution in [2.45, 2.75) is 46.3 Å². The van der Waals surface area contributed by atoms with Crippen molar-refractivity contribution in [3.8, 4) is 11.1 Å². The molecular weight excluding hydrogens is 321 g/mol. The normalized spacial score (nSPS) is 11.8. The van der Waals surface area contributed by atoms with E-state index in [9.17, 15) is 4.39 Å². The van der Waals surface area contributed by atoms with Gasteiger partial charge in [0, 0.05) is 44.2 Å². The van der Waals surface area contributed by atoms with E-state index >= 15 is 0 Å². The Kier molecular flexibility index (Phi) is 5.82. The fourth-order valence-corrected chi connectivity index (χ4v) is 3.37. The van der Waals surface area contributed by atoms with Crippen molar-refractivity contribution in [3.63, 3.8) is 0 Å². The quantitative estimate of drug-likeness (QED) is 0.584. The Balaban J connectivity index is 2.17. The van der Waals surface area contributed by atoms with Crippen molar-refractivity contribution in [3.05, 3.63) is 35.4 Å². The van der Waals surface area contributed by atoms with E-state index in [2.05, 4.69) is 30.1 Å². The monoisotopic (exact) mass is 349 g/mol. The van der Waals surface area contributed by atoms with Crippen molar-refractivity contribution in [1.29, 1.82) is 0 Å². The van der Waals surface area contributed by atoms with Crippen molar-refractivity contribution in [2.24, 2.45) is 0 Å². The highest BCUT2D eigenvalue weighted by Crippen LogP contribution is 2.30. The molecule has 2 aromatic rings. The molecule has 2 rings (SSSR count). The number of benzene rings is 1. The van der Waals surface area contributed by atoms with Gasteiger partial charge in [-0.2, -0.15) is 5.10 Å². The smallest absolute Gasteiger partial charge is 0.139 e. The molecule has 1 N–H and O–H groups in total. The van der Waals surface area contributed by atoms with E-state index < -0.39 is 8.07 Å². The van der Waals surface area contributed by atoms with E-state index in [4.69, 9.17) is 4.74 Å². The van der Waals surface area contributed by atoms with Gasteiger partial charge in [-0.15, -0.1) is 0 Å². The van der Waals surface area contributed by atoms with Gasteiger partial charge in [-0.25, -0.2) is 9.07 Å². The summed E-state index contributed by atoms with van der Waals surface area (Å²) in [7, 11) is 0.684. The zero-order valence-corrected chi connectivity index (χ0v) is 16.5. The van der Waals surface area contributed by atoms with Crippen molar-refractivity contribution < 1.29 is 9.13 Å². The summed E-state index contributed by atoms with van der Waals surface area (Å²) in [5, 5.41) is 7.47. The second-order valence-electron chi connectivity index (χ2n) is 7.34. The first-order valence-corrected chi connectivity index (χ1v) is 12.0. The van der Waals surface area contributed by atoms with Gasteiger partial charge in [-0.05, 0) is 38.1 Å². The summed E-state index contributed by atoms with van der Waals surface area (Å²) in [4.78, 5) is 0. The number of aromatic nitrogens is 2. The maximum Gasteiger partial charge on any atom is 0.139 e. The number of nitrogens with one attached hydrogen (secondary N) is 1. The molecule has 0 fully saturated rings. The number of nitrogens with zero attached hydrogens (tertiary/aromatic N) is 2. The van der Waals surface area contributed by atoms with E-state index in [1.165, 1.54) is 6.07 Å². The number of rotatable bonds is 7. The SMILES string of the molecule is CNc1ccc(-c2c(C)nn(COCC[Si](C)(C)C)c2C)c(F)c1. The molecule has 0 radical (unpaired) electrons. The van der Waals surface area contributed by atoms with Crippen LogP contribution in [0, 0.1) is 19.7 Å². The van der Waals surface area contributed by atoms with Crippen LogP contribution < -0.4 is 5.32 Å². The molecule has 24 heavy (non-hydrogen) atoms. The first-order valence-electron chi connectivity index (χ1n) is 8.32. The van der Waals surface area contributed by atoms with Crippen molar-refractivity contribution in [1.82, 2.24) is 9.78 Å². The van der Waals surface area contributed by atoms with E-state index in [1.54, 1.807) is 13.1 Å². The van der Waals surface area contributed by atoms with Gasteiger partial charge in [0.05, 0.1) is 5.69 Å². The first kappa shape index (κ1) is 18.7. The van der Waals surface area contributed by atoms with Gasteiger partial charge >= 0.3 is 0 Å². The van der Waals surface area contributed by atoms with E-state index in [1.807, 2.05) is 24.6 Å². The van der Waals surface area contributed by atoms with Crippen LogP contribution in [0.5, 0.6) is 0 Å². The molecule has 6 heteroatoms. The lowest BCUT2D eigenvalue weighted by Gasteiger charge is -2.15. The highest BCUT2D eigenvalue weighted by Gasteiger charge is 2.17. The first-order chi connectivity index (χ1) is 11.2. The van der Waals surface area contributed by atoms with Crippen LogP contribution in [0.3, 0.4) is 0 Å². The number of hydrogen-bond donors (Lipinski definition) is 1. The Morgan fingerprint density at radius 1 is 1.25 bits per heavy atom. The third-order valence-corrected chi connectivity index (χ3v) is 5.82. The van der Waals surface area contributed by atoms with E-state index in [0.29, 0.717) is 12.3 Å². The number of ether oxygens (including phenoxy) is 1. The number of aryl methyl sites for hydroxylation is 1. The second kappa shape index (κ2) is 7.48. The van der Waals surface area contributed by atoms with Crippen LogP contribution in [0.1, 0.15) is 11.4 Å². The molecule has 1 aromatic carbocycles. The maximum atomic E-state index is 14.4. The average molecular weight is 350 g/mol. The Morgan fingerprint density at radius 2 is 1.96 bits per heavy atom. The second-order valence-corrected chi connectivity index (χ2v) is 13.0. The molecule has 1 heterocycles. The van der Waals surface area contributed by atoms with Crippen molar-refractivity contribution >= 4 is 13.8 Å². The van der Waals surface area contributed by atoms with Crippen LogP contribution in [-0.2, 0) is 11.5 Å². The molecule has 0 saturated heterocycles. The molecule has 0 aliphatic carbocycles. The van der Waals surface area contributed by atoms with Crippen LogP contribution in [0.25, 0.3) is 11.1 Å². The molecule has 0 unspecified atom stereocenters. The third-order valence-electron chi connectivity index (χ3n) is 4.12. The Hall–Kier alpha value is -1.66. The molecule has 0 atom stereocenters. The Labute approximate surface area is 145 Å². The highest BCUT2D eigenvalue weighted by atomic mass is 28.3. The van der Waals surface area contributed by atoms with Gasteiger partial charge in [0.2, 0.25) is 0 Å². The predicted molar refractivity (Wildman–Crippen MR) is 101 cm³/mol. The zero-order chi connectivity index (χ0) is 17.9. The van der Waals surface area contributed by atoms with Crippen LogP contribution in [0.2, 0.25) is 25.7 Å². The van der Waals surface area contributed by atoms with Crippen LogP contribution >= 0.6 is 0 Å². The minimum absolute atomic E-state index is 0.243. The van der Waals surface area contributed by atoms with E-state index in [-0.39, 0.29) is 5.82 Å². The van der Waals surface area contributed by atoms with Gasteiger partial charge in [-0.1, -0.05) is 19.6 Å². The summed E-state index contributed by atoms with van der Waals surface area (Å²) in [6, 6.07) is 6.31. The molecule has 132 valence electrons. The fraction of sp³-hybridized carbons (Fsp3) is 0.500. The minimum atomic E-state index is -1.09. The van der Waals surface area contributed by atoms with Gasteiger partial charge in [0.15, 0.2) is 0 Å². The summed E-state index contributed by atoms with van der Waals surface area (Å²) < 4.78 is 22.0. The highest BCUT2D eigenvalue weighted by molar-refractivity contribution is 6.76. The molecule has 0 bridgehead atoms. The average Bonchev–Trinajstić information content (AvgIpc) is 2.77. The lowest BCUT2D eigenvalue weighted by molar-refractivity contribution is 0.0770. The Morgan fingerprint density at radius 3 is 2.54 bits per heavy atom. The van der Waals surface area contributed by atoms with Crippen LogP contribution in [0.15, 0.2) is 18.2 Å². The topological polar surface area (TPSA) is 39.1 Å². The fourth-order valence-electron chi connectivity index (χ4n) is 2.62. The minimum Gasteiger partial charge on any atom is -0.388 e. The standard InChI is InChI=1S/C18H28FN3OSi/c1-13-18(16-8-7-15(20-3)11-17(16)19)14(2)22(21-13)12-23-9-10-24(4,5)6/h7-8,11,20H,9-10,12H2,1-6H3. The zero-order valence-electron chi connectivity index (χ0n) is 15.5. The number of anilines is 1. The number of hydrogen-bond acceptors (Lipinski definition) is 3. The summed E-state index contributed by atoms with van der Waals surface area (Å²) in [5.74, 6) is -0.243. The largest absolute Gasteiger partial charge is 0.388 e. The van der Waals surface area contributed by atoms with Crippen LogP contribution in [-0.4, -0.2) is 31.5 Å². The predicted octanol–water partition coefficient (Wildman–Crippen LogP) is 4.66. The lowest BCUT2D eigenvalue weighted by Crippen LogP contribution is -2.22. The Bertz CT molecular complexity index is 707. The third kappa shape index (κ3) is 4.45. The van der Waals surface area contributed by atoms with Gasteiger partial charge in [-0.3, -0.25) is 0 Å². The summed E-state index contributed by atoms with van der Waals surface area (Å²) in [5.41, 5.74) is 3.93. The molecule has 0 spiro atoms. The molecule has 0 aliphatic rings. The maximum absolute atomic E-state index is 14.4. The molecule has 0 amide bonds. The molecule has 4 nitrogen and oxygen atoms in total. The summed E-state index contributed by atoms with van der Waals surface area (Å²) >= 11 is 0. The van der Waals surface area contributed by atoms with E-state index in [0.717, 1.165) is 35.3 Å². The number of halogens is 1. The summed E-state index contributed by atoms with van der Waals surface area (Å²) in [6.45, 7) is 12.0. The van der Waals surface area contributed by atoms with Gasteiger partial charge in [0.25, 0.3) is 0 Å². The molecular formula is C18H28FN3OSi. The van der Waals surface area contributed by atoms with Crippen LogP contribution in [0.4, 0.5) is 10.1 Å².